The highest BCUT2D eigenvalue weighted by atomic mass is 32.2. The number of urea groups is 1. The first-order valence-electron chi connectivity index (χ1n) is 16.8. The zero-order chi connectivity index (χ0) is 36.5. The van der Waals surface area contributed by atoms with Gasteiger partial charge in [-0.3, -0.25) is 20.1 Å². The molecule has 16 heteroatoms. The summed E-state index contributed by atoms with van der Waals surface area (Å²) in [6, 6.07) is -4.82. The Kier molecular flexibility index (Phi) is 12.3. The van der Waals surface area contributed by atoms with Crippen LogP contribution in [0.3, 0.4) is 0 Å². The van der Waals surface area contributed by atoms with Crippen molar-refractivity contribution in [2.75, 3.05) is 12.3 Å². The topological polar surface area (TPSA) is 188 Å². The van der Waals surface area contributed by atoms with Crippen molar-refractivity contribution in [3.63, 3.8) is 0 Å². The summed E-state index contributed by atoms with van der Waals surface area (Å²) < 4.78 is 65.1. The monoisotopic (exact) mass is 709 g/mol. The second-order valence-corrected chi connectivity index (χ2v) is 18.3. The summed E-state index contributed by atoms with van der Waals surface area (Å²) in [6.45, 7) is 11.1. The van der Waals surface area contributed by atoms with E-state index in [0.29, 0.717) is 25.7 Å². The molecule has 4 amide bonds. The molecule has 3 fully saturated rings. The Morgan fingerprint density at radius 1 is 0.979 bits per heavy atom. The summed E-state index contributed by atoms with van der Waals surface area (Å²) in [6.07, 6.45) is -4.53. The molecule has 48 heavy (non-hydrogen) atoms. The number of halogens is 3. The van der Waals surface area contributed by atoms with Crippen LogP contribution in [-0.4, -0.2) is 95.7 Å². The predicted molar refractivity (Wildman–Crippen MR) is 173 cm³/mol. The number of ketones is 1. The van der Waals surface area contributed by atoms with Gasteiger partial charge in [0.15, 0.2) is 21.8 Å². The highest BCUT2D eigenvalue weighted by Gasteiger charge is 2.51. The summed E-state index contributed by atoms with van der Waals surface area (Å²) >= 11 is 0. The first-order chi connectivity index (χ1) is 21.9. The number of nitrogens with two attached hydrogens (primary N) is 1. The van der Waals surface area contributed by atoms with E-state index in [1.54, 1.807) is 20.8 Å². The normalized spacial score (nSPS) is 26.3. The lowest BCUT2D eigenvalue weighted by atomic mass is 9.78. The summed E-state index contributed by atoms with van der Waals surface area (Å²) in [7, 11) is -3.42. The van der Waals surface area contributed by atoms with E-state index in [1.165, 1.54) is 4.90 Å². The van der Waals surface area contributed by atoms with E-state index in [1.807, 2.05) is 20.8 Å². The molecule has 12 nitrogen and oxygen atoms in total. The molecule has 5 unspecified atom stereocenters. The number of amides is 4. The number of Topliss-reactive ketones (excluding diaryl/α,β-unsaturated/α-hetero) is 1. The van der Waals surface area contributed by atoms with Crippen LogP contribution in [0, 0.1) is 16.7 Å². The second kappa shape index (κ2) is 14.8. The highest BCUT2D eigenvalue weighted by Crippen LogP contribution is 2.41. The van der Waals surface area contributed by atoms with Crippen molar-refractivity contribution in [2.45, 2.75) is 147 Å². The highest BCUT2D eigenvalue weighted by molar-refractivity contribution is 7.92. The average molecular weight is 710 g/mol. The number of carbonyl (C=O) groups excluding carboxylic acids is 4. The summed E-state index contributed by atoms with van der Waals surface area (Å²) in [5, 5.41) is 17.0. The third kappa shape index (κ3) is 9.83. The van der Waals surface area contributed by atoms with Gasteiger partial charge in [0.05, 0.1) is 22.6 Å². The number of nitrogens with zero attached hydrogens (tertiary/aromatic N) is 1. The number of hydrogen-bond donors (Lipinski definition) is 5. The zero-order valence-corrected chi connectivity index (χ0v) is 29.7. The largest absolute Gasteiger partial charge is 0.389 e. The molecule has 3 rings (SSSR count). The summed E-state index contributed by atoms with van der Waals surface area (Å²) in [5.74, 6) is -2.84. The maximum atomic E-state index is 14.4. The van der Waals surface area contributed by atoms with Gasteiger partial charge in [-0.15, -0.1) is 0 Å². The van der Waals surface area contributed by atoms with Gasteiger partial charge in [0.1, 0.15) is 12.1 Å². The van der Waals surface area contributed by atoms with Crippen LogP contribution in [0.1, 0.15) is 106 Å². The molecule has 3 aliphatic rings. The molecule has 0 bridgehead atoms. The van der Waals surface area contributed by atoms with Crippen molar-refractivity contribution < 1.29 is 45.9 Å². The number of nitrogens with one attached hydrogen (secondary N) is 3. The number of aliphatic hydroxyl groups excluding tert-OH is 1. The third-order valence-corrected chi connectivity index (χ3v) is 12.6. The lowest BCUT2D eigenvalue weighted by Gasteiger charge is -2.43. The van der Waals surface area contributed by atoms with Crippen molar-refractivity contribution in [1.82, 2.24) is 20.9 Å². The number of carbonyl (C=O) groups is 4. The minimum absolute atomic E-state index is 0.0616. The van der Waals surface area contributed by atoms with Crippen molar-refractivity contribution in [3.8, 4) is 0 Å². The van der Waals surface area contributed by atoms with Gasteiger partial charge in [0, 0.05) is 13.0 Å². The number of alkyl halides is 3. The molecule has 276 valence electrons. The fourth-order valence-corrected chi connectivity index (χ4v) is 9.71. The van der Waals surface area contributed by atoms with Crippen molar-refractivity contribution >= 4 is 33.5 Å². The van der Waals surface area contributed by atoms with Crippen molar-refractivity contribution in [2.24, 2.45) is 22.5 Å². The van der Waals surface area contributed by atoms with Crippen LogP contribution >= 0.6 is 0 Å². The van der Waals surface area contributed by atoms with Crippen LogP contribution in [0.25, 0.3) is 0 Å². The fourth-order valence-electron chi connectivity index (χ4n) is 7.35. The number of likely N-dealkylation sites (tertiary alicyclic amines) is 1. The smallest absolute Gasteiger partial charge is 0.371 e. The van der Waals surface area contributed by atoms with E-state index in [9.17, 15) is 45.9 Å². The minimum Gasteiger partial charge on any atom is -0.371 e. The maximum Gasteiger partial charge on any atom is 0.389 e. The molecule has 2 aliphatic heterocycles. The van der Waals surface area contributed by atoms with E-state index in [2.05, 4.69) is 16.0 Å². The molecule has 2 heterocycles. The predicted octanol–water partition coefficient (Wildman–Crippen LogP) is 2.92. The van der Waals surface area contributed by atoms with Crippen LogP contribution < -0.4 is 21.7 Å². The Labute approximate surface area is 281 Å². The van der Waals surface area contributed by atoms with Crippen LogP contribution in [-0.2, 0) is 24.2 Å². The average Bonchev–Trinajstić information content (AvgIpc) is 3.56. The standard InChI is InChI=1S/C32H54F3N5O7S/c1-29(2,3)19-17-21(26(43)37-20(23(41)25(36)42)12-15-32(33,34)35)40(18-19)27(44)24(30(4,5)6)38-28(45)39-31(13-8-7-9-14-31)22-11-10-16-48(22,46)47/h19-22,24-25,42H,7-18,36H2,1-6H3,(H,37,43)(H2,38,39,45)/t19?,20?,21?,22?,24-,25?/m1/s1. The molecule has 0 aromatic heterocycles. The number of sulfone groups is 1. The van der Waals surface area contributed by atoms with Gasteiger partial charge in [-0.25, -0.2) is 13.2 Å². The lowest BCUT2D eigenvalue weighted by molar-refractivity contribution is -0.145. The van der Waals surface area contributed by atoms with Gasteiger partial charge in [0.2, 0.25) is 11.8 Å². The van der Waals surface area contributed by atoms with Gasteiger partial charge in [-0.05, 0) is 55.3 Å². The quantitative estimate of drug-likeness (QED) is 0.214. The van der Waals surface area contributed by atoms with Crippen molar-refractivity contribution in [1.29, 1.82) is 0 Å². The summed E-state index contributed by atoms with van der Waals surface area (Å²) in [5.41, 5.74) is 3.00. The van der Waals surface area contributed by atoms with Gasteiger partial charge in [-0.1, -0.05) is 60.8 Å². The Bertz CT molecular complexity index is 1300. The first-order valence-corrected chi connectivity index (χ1v) is 18.5. The number of rotatable bonds is 10. The molecule has 6 N–H and O–H groups in total. The van der Waals surface area contributed by atoms with Crippen LogP contribution in [0.5, 0.6) is 0 Å². The fraction of sp³-hybridized carbons (Fsp3) is 0.875. The Hall–Kier alpha value is -2.46. The van der Waals surface area contributed by atoms with Gasteiger partial charge in [0.25, 0.3) is 0 Å². The van der Waals surface area contributed by atoms with Gasteiger partial charge >= 0.3 is 12.2 Å². The summed E-state index contributed by atoms with van der Waals surface area (Å²) in [4.78, 5) is 55.6. The van der Waals surface area contributed by atoms with Crippen LogP contribution in [0.4, 0.5) is 18.0 Å². The number of aliphatic hydroxyl groups is 1. The lowest BCUT2D eigenvalue weighted by Crippen LogP contribution is -2.65. The second-order valence-electron chi connectivity index (χ2n) is 16.0. The molecule has 2 saturated heterocycles. The molecule has 1 saturated carbocycles. The maximum absolute atomic E-state index is 14.4. The Morgan fingerprint density at radius 3 is 2.06 bits per heavy atom. The molecule has 6 atom stereocenters. The zero-order valence-electron chi connectivity index (χ0n) is 28.9. The molecule has 0 spiro atoms. The minimum atomic E-state index is -4.64. The van der Waals surface area contributed by atoms with E-state index in [0.717, 1.165) is 19.3 Å². The molecule has 1 aliphatic carbocycles. The first kappa shape index (κ1) is 40.0. The van der Waals surface area contributed by atoms with E-state index < -0.39 is 98.5 Å². The molecule has 0 aromatic carbocycles. The molecule has 0 radical (unpaired) electrons. The molecule has 0 aromatic rings. The van der Waals surface area contributed by atoms with Crippen molar-refractivity contribution in [3.05, 3.63) is 0 Å². The number of hydrogen-bond acceptors (Lipinski definition) is 8. The Balaban J connectivity index is 1.89. The van der Waals surface area contributed by atoms with Gasteiger partial charge in [-0.2, -0.15) is 13.2 Å². The van der Waals surface area contributed by atoms with E-state index >= 15 is 0 Å². The van der Waals surface area contributed by atoms with Crippen LogP contribution in [0.15, 0.2) is 0 Å². The van der Waals surface area contributed by atoms with Gasteiger partial charge < -0.3 is 26.0 Å². The Morgan fingerprint density at radius 2 is 1.58 bits per heavy atom. The molecular formula is C32H54F3N5O7S. The van der Waals surface area contributed by atoms with Crippen LogP contribution in [0.2, 0.25) is 0 Å². The van der Waals surface area contributed by atoms with E-state index in [-0.39, 0.29) is 24.6 Å². The third-order valence-electron chi connectivity index (χ3n) is 10.2. The SMILES string of the molecule is CC(C)(C)C1CC(C(=O)NC(CCC(F)(F)F)C(=O)C(N)O)N(C(=O)[C@@H](NC(=O)NC2(C3CCCS3(=O)=O)CCCCC2)C(C)(C)C)C1. The van der Waals surface area contributed by atoms with E-state index in [4.69, 9.17) is 5.73 Å². The molecular weight excluding hydrogens is 655 g/mol.